The molecule has 0 fully saturated rings. The van der Waals surface area contributed by atoms with Crippen LogP contribution in [0.3, 0.4) is 0 Å². The van der Waals surface area contributed by atoms with E-state index in [4.69, 9.17) is 18.0 Å². The Morgan fingerprint density at radius 3 is 2.69 bits per heavy atom. The Labute approximate surface area is 109 Å². The predicted octanol–water partition coefficient (Wildman–Crippen LogP) is 2.16. The van der Waals surface area contributed by atoms with E-state index in [9.17, 15) is 4.79 Å². The fourth-order valence-electron chi connectivity index (χ4n) is 1.14. The molecule has 0 saturated heterocycles. The van der Waals surface area contributed by atoms with Crippen molar-refractivity contribution in [1.29, 1.82) is 0 Å². The summed E-state index contributed by atoms with van der Waals surface area (Å²) in [4.78, 5) is 12.1. The van der Waals surface area contributed by atoms with Gasteiger partial charge in [0.15, 0.2) is 0 Å². The van der Waals surface area contributed by atoms with Crippen LogP contribution < -0.4 is 11.1 Å². The van der Waals surface area contributed by atoms with Crippen LogP contribution in [-0.4, -0.2) is 16.9 Å². The number of benzene rings is 1. The van der Waals surface area contributed by atoms with Gasteiger partial charge in [0.25, 0.3) is 5.91 Å². The molecule has 86 valence electrons. The molecular weight excluding hydrogens is 288 g/mol. The Balaban J connectivity index is 2.81. The Hall–Kier alpha value is -0.940. The topological polar surface area (TPSA) is 55.1 Å². The number of thiocarbonyl (C=S) groups is 1. The first-order valence-corrected chi connectivity index (χ1v) is 5.98. The molecule has 0 bridgehead atoms. The lowest BCUT2D eigenvalue weighted by Gasteiger charge is -2.12. The van der Waals surface area contributed by atoms with Crippen molar-refractivity contribution in [3.05, 3.63) is 33.8 Å². The molecule has 3 N–H and O–H groups in total. The summed E-state index contributed by atoms with van der Waals surface area (Å²) >= 11 is 8.17. The minimum atomic E-state index is -0.300. The molecular formula is C11H13BrN2OS. The zero-order valence-corrected chi connectivity index (χ0v) is 11.5. The van der Waals surface area contributed by atoms with E-state index in [2.05, 4.69) is 21.2 Å². The van der Waals surface area contributed by atoms with Crippen LogP contribution in [0, 0.1) is 6.92 Å². The molecule has 5 heteroatoms. The Kier molecular flexibility index (Phi) is 4.44. The van der Waals surface area contributed by atoms with Crippen LogP contribution in [0.15, 0.2) is 22.7 Å². The molecule has 0 aliphatic rings. The lowest BCUT2D eigenvalue weighted by atomic mass is 10.1. The maximum Gasteiger partial charge on any atom is 0.251 e. The molecule has 16 heavy (non-hydrogen) atoms. The molecule has 0 radical (unpaired) electrons. The predicted molar refractivity (Wildman–Crippen MR) is 72.6 cm³/mol. The van der Waals surface area contributed by atoms with E-state index in [1.165, 1.54) is 0 Å². The number of hydrogen-bond donors (Lipinski definition) is 2. The molecule has 0 saturated carbocycles. The van der Waals surface area contributed by atoms with E-state index in [1.54, 1.807) is 13.0 Å². The molecule has 1 atom stereocenters. The van der Waals surface area contributed by atoms with E-state index in [0.29, 0.717) is 5.56 Å². The lowest BCUT2D eigenvalue weighted by molar-refractivity contribution is 0.0949. The van der Waals surface area contributed by atoms with Crippen molar-refractivity contribution in [2.24, 2.45) is 5.73 Å². The van der Waals surface area contributed by atoms with Gasteiger partial charge in [-0.2, -0.15) is 0 Å². The molecule has 0 aromatic heterocycles. The van der Waals surface area contributed by atoms with Crippen LogP contribution in [0.25, 0.3) is 0 Å². The van der Waals surface area contributed by atoms with Crippen LogP contribution in [0.5, 0.6) is 0 Å². The molecule has 0 aliphatic heterocycles. The Morgan fingerprint density at radius 1 is 1.56 bits per heavy atom. The second kappa shape index (κ2) is 5.41. The van der Waals surface area contributed by atoms with Crippen LogP contribution >= 0.6 is 28.1 Å². The van der Waals surface area contributed by atoms with Crippen molar-refractivity contribution in [3.8, 4) is 0 Å². The zero-order chi connectivity index (χ0) is 12.3. The largest absolute Gasteiger partial charge is 0.392 e. The third kappa shape index (κ3) is 3.28. The van der Waals surface area contributed by atoms with Gasteiger partial charge in [-0.05, 0) is 37.6 Å². The van der Waals surface area contributed by atoms with Crippen molar-refractivity contribution in [2.45, 2.75) is 19.9 Å². The number of aryl methyl sites for hydroxylation is 1. The van der Waals surface area contributed by atoms with Gasteiger partial charge in [0.05, 0.1) is 11.0 Å². The van der Waals surface area contributed by atoms with Crippen LogP contribution in [0.1, 0.15) is 22.8 Å². The molecule has 1 amide bonds. The van der Waals surface area contributed by atoms with E-state index in [0.717, 1.165) is 10.0 Å². The van der Waals surface area contributed by atoms with Gasteiger partial charge in [-0.1, -0.05) is 28.1 Å². The van der Waals surface area contributed by atoms with Crippen molar-refractivity contribution in [3.63, 3.8) is 0 Å². The van der Waals surface area contributed by atoms with Gasteiger partial charge >= 0.3 is 0 Å². The summed E-state index contributed by atoms with van der Waals surface area (Å²) in [5.74, 6) is -0.170. The highest BCUT2D eigenvalue weighted by Crippen LogP contribution is 2.17. The summed E-state index contributed by atoms with van der Waals surface area (Å²) in [6.45, 7) is 3.68. The number of hydrogen-bond acceptors (Lipinski definition) is 2. The zero-order valence-electron chi connectivity index (χ0n) is 9.08. The SMILES string of the molecule is Cc1cc(C(=O)NC(C)C(N)=S)ccc1Br. The van der Waals surface area contributed by atoms with Gasteiger partial charge < -0.3 is 11.1 Å². The molecule has 0 heterocycles. The molecule has 1 unspecified atom stereocenters. The fourth-order valence-corrected chi connectivity index (χ4v) is 1.44. The average molecular weight is 301 g/mol. The van der Waals surface area contributed by atoms with Crippen molar-refractivity contribution in [1.82, 2.24) is 5.32 Å². The van der Waals surface area contributed by atoms with Crippen LogP contribution in [0.2, 0.25) is 0 Å². The Bertz CT molecular complexity index is 434. The first-order chi connectivity index (χ1) is 7.41. The quantitative estimate of drug-likeness (QED) is 0.841. The second-order valence-corrected chi connectivity index (χ2v) is 4.89. The van der Waals surface area contributed by atoms with E-state index >= 15 is 0 Å². The van der Waals surface area contributed by atoms with E-state index in [1.807, 2.05) is 19.1 Å². The van der Waals surface area contributed by atoms with Gasteiger partial charge in [-0.3, -0.25) is 4.79 Å². The second-order valence-electron chi connectivity index (χ2n) is 3.56. The summed E-state index contributed by atoms with van der Waals surface area (Å²) in [5.41, 5.74) is 7.04. The molecule has 0 spiro atoms. The number of rotatable bonds is 3. The molecule has 0 aliphatic carbocycles. The summed E-state index contributed by atoms with van der Waals surface area (Å²) in [6.07, 6.45) is 0. The van der Waals surface area contributed by atoms with Crippen molar-refractivity contribution >= 4 is 39.0 Å². The fraction of sp³-hybridized carbons (Fsp3) is 0.273. The number of amides is 1. The first kappa shape index (κ1) is 13.1. The highest BCUT2D eigenvalue weighted by atomic mass is 79.9. The monoisotopic (exact) mass is 300 g/mol. The summed E-state index contributed by atoms with van der Waals surface area (Å²) in [5, 5.41) is 2.72. The maximum atomic E-state index is 11.8. The van der Waals surface area contributed by atoms with Crippen molar-refractivity contribution < 1.29 is 4.79 Å². The smallest absolute Gasteiger partial charge is 0.251 e. The van der Waals surface area contributed by atoms with E-state index in [-0.39, 0.29) is 16.9 Å². The van der Waals surface area contributed by atoms with Gasteiger partial charge in [0.1, 0.15) is 0 Å². The summed E-state index contributed by atoms with van der Waals surface area (Å²) < 4.78 is 0.978. The van der Waals surface area contributed by atoms with E-state index < -0.39 is 0 Å². The average Bonchev–Trinajstić information content (AvgIpc) is 2.21. The van der Waals surface area contributed by atoms with Gasteiger partial charge in [0, 0.05) is 10.0 Å². The molecule has 1 aromatic rings. The lowest BCUT2D eigenvalue weighted by Crippen LogP contribution is -2.41. The van der Waals surface area contributed by atoms with Gasteiger partial charge in [0.2, 0.25) is 0 Å². The molecule has 1 aromatic carbocycles. The third-order valence-electron chi connectivity index (χ3n) is 2.19. The summed E-state index contributed by atoms with van der Waals surface area (Å²) in [7, 11) is 0. The maximum absolute atomic E-state index is 11.8. The van der Waals surface area contributed by atoms with Gasteiger partial charge in [-0.25, -0.2) is 0 Å². The minimum absolute atomic E-state index is 0.170. The number of nitrogens with two attached hydrogens (primary N) is 1. The number of halogens is 1. The van der Waals surface area contributed by atoms with Crippen LogP contribution in [-0.2, 0) is 0 Å². The minimum Gasteiger partial charge on any atom is -0.392 e. The van der Waals surface area contributed by atoms with Crippen LogP contribution in [0.4, 0.5) is 0 Å². The normalized spacial score (nSPS) is 11.9. The highest BCUT2D eigenvalue weighted by Gasteiger charge is 2.11. The molecule has 1 rings (SSSR count). The number of carbonyl (C=O) groups excluding carboxylic acids is 1. The van der Waals surface area contributed by atoms with Crippen molar-refractivity contribution in [2.75, 3.05) is 0 Å². The third-order valence-corrected chi connectivity index (χ3v) is 3.44. The Morgan fingerprint density at radius 2 is 2.19 bits per heavy atom. The van der Waals surface area contributed by atoms with Gasteiger partial charge in [-0.15, -0.1) is 0 Å². The highest BCUT2D eigenvalue weighted by molar-refractivity contribution is 9.10. The molecule has 3 nitrogen and oxygen atoms in total. The number of nitrogens with one attached hydrogen (secondary N) is 1. The first-order valence-electron chi connectivity index (χ1n) is 4.78. The standard InChI is InChI=1S/C11H13BrN2OS/c1-6-5-8(3-4-9(6)12)11(15)14-7(2)10(13)16/h3-5,7H,1-2H3,(H2,13,16)(H,14,15). The summed E-state index contributed by atoms with van der Waals surface area (Å²) in [6, 6.07) is 5.10. The number of carbonyl (C=O) groups is 1.